The fraction of sp³-hybridized carbons (Fsp3) is 0.0476. The van der Waals surface area contributed by atoms with Crippen LogP contribution in [0.25, 0.3) is 0 Å². The van der Waals surface area contributed by atoms with E-state index in [0.717, 1.165) is 5.56 Å². The van der Waals surface area contributed by atoms with Crippen LogP contribution in [0, 0.1) is 10.1 Å². The summed E-state index contributed by atoms with van der Waals surface area (Å²) in [6.07, 6.45) is 1.35. The molecule has 0 spiro atoms. The number of carbonyl (C=O) groups is 1. The van der Waals surface area contributed by atoms with Crippen LogP contribution < -0.4 is 10.2 Å². The van der Waals surface area contributed by atoms with Gasteiger partial charge in [-0.3, -0.25) is 14.9 Å². The van der Waals surface area contributed by atoms with Crippen molar-refractivity contribution in [1.82, 2.24) is 5.43 Å². The summed E-state index contributed by atoms with van der Waals surface area (Å²) in [6, 6.07) is 17.8. The number of nitro groups is 1. The van der Waals surface area contributed by atoms with Crippen LogP contribution in [-0.4, -0.2) is 17.0 Å². The molecule has 7 nitrogen and oxygen atoms in total. The van der Waals surface area contributed by atoms with Crippen molar-refractivity contribution in [3.8, 4) is 5.75 Å². The molecular weight excluding hydrogens is 429 g/mol. The zero-order chi connectivity index (χ0) is 21.5. The van der Waals surface area contributed by atoms with Gasteiger partial charge in [0, 0.05) is 21.7 Å². The largest absolute Gasteiger partial charge is 0.488 e. The van der Waals surface area contributed by atoms with Gasteiger partial charge in [-0.1, -0.05) is 47.5 Å². The number of hydrogen-bond acceptors (Lipinski definition) is 5. The van der Waals surface area contributed by atoms with Crippen LogP contribution in [0.5, 0.6) is 5.75 Å². The molecule has 0 fully saturated rings. The van der Waals surface area contributed by atoms with Crippen LogP contribution in [0.2, 0.25) is 10.0 Å². The molecule has 1 amide bonds. The fourth-order valence-electron chi connectivity index (χ4n) is 2.59. The maximum absolute atomic E-state index is 12.3. The lowest BCUT2D eigenvalue weighted by Gasteiger charge is -2.10. The highest BCUT2D eigenvalue weighted by atomic mass is 35.5. The van der Waals surface area contributed by atoms with Gasteiger partial charge in [-0.2, -0.15) is 5.10 Å². The molecule has 3 rings (SSSR count). The number of nitro benzene ring substituents is 1. The van der Waals surface area contributed by atoms with Gasteiger partial charge in [0.05, 0.1) is 11.1 Å². The van der Waals surface area contributed by atoms with Crippen LogP contribution in [0.15, 0.2) is 71.8 Å². The van der Waals surface area contributed by atoms with E-state index in [0.29, 0.717) is 21.4 Å². The molecule has 0 heterocycles. The number of nitrogens with zero attached hydrogens (tertiary/aromatic N) is 2. The topological polar surface area (TPSA) is 93.8 Å². The van der Waals surface area contributed by atoms with Crippen molar-refractivity contribution in [2.45, 2.75) is 6.61 Å². The number of halogens is 2. The highest BCUT2D eigenvalue weighted by molar-refractivity contribution is 6.31. The second-order valence-corrected chi connectivity index (χ2v) is 6.95. The molecule has 3 aromatic rings. The molecule has 0 aliphatic heterocycles. The lowest BCUT2D eigenvalue weighted by Crippen LogP contribution is -2.19. The van der Waals surface area contributed by atoms with Crippen molar-refractivity contribution in [3.63, 3.8) is 0 Å². The van der Waals surface area contributed by atoms with Gasteiger partial charge in [-0.05, 0) is 42.0 Å². The molecule has 0 bridgehead atoms. The van der Waals surface area contributed by atoms with E-state index in [-0.39, 0.29) is 17.9 Å². The molecule has 30 heavy (non-hydrogen) atoms. The monoisotopic (exact) mass is 443 g/mol. The highest BCUT2D eigenvalue weighted by Crippen LogP contribution is 2.23. The average molecular weight is 444 g/mol. The summed E-state index contributed by atoms with van der Waals surface area (Å²) in [7, 11) is 0. The zero-order valence-electron chi connectivity index (χ0n) is 15.4. The molecule has 0 aromatic heterocycles. The first-order valence-electron chi connectivity index (χ1n) is 8.67. The van der Waals surface area contributed by atoms with Crippen LogP contribution in [-0.2, 0) is 6.61 Å². The summed E-state index contributed by atoms with van der Waals surface area (Å²) in [6.45, 7) is 0.269. The van der Waals surface area contributed by atoms with E-state index in [1.165, 1.54) is 30.5 Å². The Labute approximate surface area is 182 Å². The number of hydrazone groups is 1. The number of amides is 1. The molecule has 0 radical (unpaired) electrons. The van der Waals surface area contributed by atoms with Gasteiger partial charge in [0.25, 0.3) is 11.6 Å². The van der Waals surface area contributed by atoms with Gasteiger partial charge in [-0.15, -0.1) is 0 Å². The van der Waals surface area contributed by atoms with E-state index in [1.54, 1.807) is 30.3 Å². The zero-order valence-corrected chi connectivity index (χ0v) is 16.9. The minimum absolute atomic E-state index is 0.0943. The standard InChI is InChI=1S/C21H15Cl2N3O4/c22-16-5-3-4-14(10-16)13-30-20-9-8-17(23)11-15(20)12-24-25-21(27)18-6-1-2-7-19(18)26(28)29/h1-12H,13H2,(H,25,27)/b24-12-. The Morgan fingerprint density at radius 2 is 1.83 bits per heavy atom. The van der Waals surface area contributed by atoms with Gasteiger partial charge in [0.15, 0.2) is 0 Å². The number of rotatable bonds is 7. The molecule has 9 heteroatoms. The highest BCUT2D eigenvalue weighted by Gasteiger charge is 2.18. The van der Waals surface area contributed by atoms with Gasteiger partial charge in [0.1, 0.15) is 17.9 Å². The molecule has 0 aliphatic carbocycles. The van der Waals surface area contributed by atoms with Crippen molar-refractivity contribution in [1.29, 1.82) is 0 Å². The fourth-order valence-corrected chi connectivity index (χ4v) is 2.98. The molecule has 0 saturated heterocycles. The summed E-state index contributed by atoms with van der Waals surface area (Å²) in [5.41, 5.74) is 3.28. The van der Waals surface area contributed by atoms with Crippen molar-refractivity contribution < 1.29 is 14.5 Å². The smallest absolute Gasteiger partial charge is 0.282 e. The Morgan fingerprint density at radius 3 is 2.60 bits per heavy atom. The number of ether oxygens (including phenoxy) is 1. The summed E-state index contributed by atoms with van der Waals surface area (Å²) >= 11 is 12.0. The van der Waals surface area contributed by atoms with Gasteiger partial charge in [0.2, 0.25) is 0 Å². The number of para-hydroxylation sites is 1. The average Bonchev–Trinajstić information content (AvgIpc) is 2.73. The predicted octanol–water partition coefficient (Wildman–Crippen LogP) is 5.24. The van der Waals surface area contributed by atoms with Crippen molar-refractivity contribution in [2.24, 2.45) is 5.10 Å². The van der Waals surface area contributed by atoms with E-state index >= 15 is 0 Å². The SMILES string of the molecule is O=C(N/N=C\c1cc(Cl)ccc1OCc1cccc(Cl)c1)c1ccccc1[N+](=O)[O-]. The summed E-state index contributed by atoms with van der Waals surface area (Å²) < 4.78 is 5.82. The number of carbonyl (C=O) groups excluding carboxylic acids is 1. The van der Waals surface area contributed by atoms with E-state index < -0.39 is 10.8 Å². The third-order valence-corrected chi connectivity index (χ3v) is 4.44. The van der Waals surface area contributed by atoms with Crippen molar-refractivity contribution >= 4 is 41.0 Å². The maximum Gasteiger partial charge on any atom is 0.282 e. The molecular formula is C21H15Cl2N3O4. The molecule has 152 valence electrons. The Morgan fingerprint density at radius 1 is 1.07 bits per heavy atom. The van der Waals surface area contributed by atoms with Crippen molar-refractivity contribution in [2.75, 3.05) is 0 Å². The third-order valence-electron chi connectivity index (χ3n) is 3.97. The summed E-state index contributed by atoms with van der Waals surface area (Å²) in [4.78, 5) is 22.7. The number of benzene rings is 3. The lowest BCUT2D eigenvalue weighted by molar-refractivity contribution is -0.385. The van der Waals surface area contributed by atoms with Crippen LogP contribution in [0.1, 0.15) is 21.5 Å². The summed E-state index contributed by atoms with van der Waals surface area (Å²) in [5.74, 6) is -0.218. The van der Waals surface area contributed by atoms with Crippen LogP contribution >= 0.6 is 23.2 Å². The predicted molar refractivity (Wildman–Crippen MR) is 115 cm³/mol. The molecule has 3 aromatic carbocycles. The Hall–Kier alpha value is -3.42. The van der Waals surface area contributed by atoms with Crippen LogP contribution in [0.4, 0.5) is 5.69 Å². The quantitative estimate of drug-likeness (QED) is 0.306. The second kappa shape index (κ2) is 9.87. The van der Waals surface area contributed by atoms with Gasteiger partial charge < -0.3 is 4.74 Å². The molecule has 1 N–H and O–H groups in total. The normalized spacial score (nSPS) is 10.7. The first-order valence-corrected chi connectivity index (χ1v) is 9.43. The first-order chi connectivity index (χ1) is 14.4. The van der Waals surface area contributed by atoms with Gasteiger partial charge >= 0.3 is 0 Å². The van der Waals surface area contributed by atoms with E-state index in [1.807, 2.05) is 12.1 Å². The minimum Gasteiger partial charge on any atom is -0.488 e. The Bertz CT molecular complexity index is 1120. The lowest BCUT2D eigenvalue weighted by atomic mass is 10.2. The third kappa shape index (κ3) is 5.56. The van der Waals surface area contributed by atoms with Gasteiger partial charge in [-0.25, -0.2) is 5.43 Å². The van der Waals surface area contributed by atoms with E-state index in [9.17, 15) is 14.9 Å². The van der Waals surface area contributed by atoms with E-state index in [4.69, 9.17) is 27.9 Å². The summed E-state index contributed by atoms with van der Waals surface area (Å²) in [5, 5.41) is 16.0. The van der Waals surface area contributed by atoms with Crippen LogP contribution in [0.3, 0.4) is 0 Å². The molecule has 0 unspecified atom stereocenters. The Balaban J connectivity index is 1.73. The first kappa shape index (κ1) is 21.3. The van der Waals surface area contributed by atoms with Crippen molar-refractivity contribution in [3.05, 3.63) is 104 Å². The number of hydrogen-bond donors (Lipinski definition) is 1. The maximum atomic E-state index is 12.3. The van der Waals surface area contributed by atoms with E-state index in [2.05, 4.69) is 10.5 Å². The Kier molecular flexibility index (Phi) is 7.00. The minimum atomic E-state index is -0.707. The molecule has 0 aliphatic rings. The molecule has 0 saturated carbocycles. The number of nitrogens with one attached hydrogen (secondary N) is 1. The molecule has 0 atom stereocenters. The second-order valence-electron chi connectivity index (χ2n) is 6.07.